The molecule has 0 spiro atoms. The number of hydrogen-bond acceptors (Lipinski definition) is 5. The smallest absolute Gasteiger partial charge is 0.119 e. The molecule has 3 fully saturated rings. The molecule has 1 aromatic carbocycles. The molecule has 0 aromatic heterocycles. The average molecular weight is 374 g/mol. The fourth-order valence-electron chi connectivity index (χ4n) is 4.84. The van der Waals surface area contributed by atoms with E-state index in [2.05, 4.69) is 46.0 Å². The molecule has 150 valence electrons. The Morgan fingerprint density at radius 1 is 0.963 bits per heavy atom. The summed E-state index contributed by atoms with van der Waals surface area (Å²) < 4.78 is 6.06. The molecule has 2 saturated heterocycles. The highest BCUT2D eigenvalue weighted by Gasteiger charge is 2.33. The largest absolute Gasteiger partial charge is 0.490 e. The maximum absolute atomic E-state index is 10.7. The van der Waals surface area contributed by atoms with Crippen LogP contribution in [0.3, 0.4) is 0 Å². The van der Waals surface area contributed by atoms with Crippen molar-refractivity contribution in [3.05, 3.63) is 29.8 Å². The number of likely N-dealkylation sites (N-methyl/N-ethyl adjacent to an activating group) is 1. The minimum Gasteiger partial charge on any atom is -0.490 e. The molecule has 0 amide bonds. The van der Waals surface area contributed by atoms with Crippen molar-refractivity contribution in [2.24, 2.45) is 0 Å². The molecule has 3 aliphatic rings. The number of benzene rings is 1. The van der Waals surface area contributed by atoms with Crippen LogP contribution in [0.1, 0.15) is 37.7 Å². The molecule has 5 nitrogen and oxygen atoms in total. The Kier molecular flexibility index (Phi) is 6.33. The monoisotopic (exact) mass is 373 g/mol. The fraction of sp³-hybridized carbons (Fsp3) is 0.727. The third-order valence-corrected chi connectivity index (χ3v) is 6.57. The maximum Gasteiger partial charge on any atom is 0.119 e. The van der Waals surface area contributed by atoms with E-state index in [0.29, 0.717) is 12.1 Å². The molecule has 27 heavy (non-hydrogen) atoms. The van der Waals surface area contributed by atoms with E-state index >= 15 is 0 Å². The maximum atomic E-state index is 10.7. The van der Waals surface area contributed by atoms with Gasteiger partial charge in [0.2, 0.25) is 0 Å². The predicted molar refractivity (Wildman–Crippen MR) is 108 cm³/mol. The van der Waals surface area contributed by atoms with Crippen molar-refractivity contribution in [3.63, 3.8) is 0 Å². The Labute approximate surface area is 163 Å². The van der Waals surface area contributed by atoms with Crippen molar-refractivity contribution >= 4 is 0 Å². The number of aliphatic hydroxyl groups excluding tert-OH is 1. The minimum atomic E-state index is -0.243. The van der Waals surface area contributed by atoms with Gasteiger partial charge in [-0.15, -0.1) is 0 Å². The minimum absolute atomic E-state index is 0.243. The zero-order valence-corrected chi connectivity index (χ0v) is 16.7. The third kappa shape index (κ3) is 5.02. The van der Waals surface area contributed by atoms with Crippen LogP contribution in [-0.2, 0) is 6.54 Å². The van der Waals surface area contributed by atoms with Gasteiger partial charge in [0, 0.05) is 51.9 Å². The van der Waals surface area contributed by atoms with E-state index in [4.69, 9.17) is 4.74 Å². The lowest BCUT2D eigenvalue weighted by Gasteiger charge is -2.44. The molecule has 1 aliphatic carbocycles. The molecule has 4 rings (SSSR count). The second-order valence-corrected chi connectivity index (χ2v) is 8.67. The van der Waals surface area contributed by atoms with Crippen LogP contribution in [0.5, 0.6) is 5.75 Å². The molecule has 0 unspecified atom stereocenters. The van der Waals surface area contributed by atoms with E-state index in [1.807, 2.05) is 0 Å². The van der Waals surface area contributed by atoms with Crippen LogP contribution in [0.2, 0.25) is 0 Å². The van der Waals surface area contributed by atoms with Crippen LogP contribution in [0, 0.1) is 0 Å². The number of aliphatic hydroxyl groups is 1. The van der Waals surface area contributed by atoms with Crippen molar-refractivity contribution in [1.29, 1.82) is 0 Å². The van der Waals surface area contributed by atoms with E-state index in [-0.39, 0.29) is 6.10 Å². The fourth-order valence-corrected chi connectivity index (χ4v) is 4.84. The lowest BCUT2D eigenvalue weighted by molar-refractivity contribution is -0.0286. The standard InChI is InChI=1S/C22H35N3O2/c1-23-12-14-25(15-13-23)21-10-11-24(17-22(21)26)16-18-6-8-20(9-7-18)27-19-4-2-3-5-19/h6-9,19,21-22,26H,2-5,10-17H2,1H3/t21-,22-/m1/s1. The van der Waals surface area contributed by atoms with Gasteiger partial charge in [-0.1, -0.05) is 12.1 Å². The van der Waals surface area contributed by atoms with Crippen LogP contribution in [0.4, 0.5) is 0 Å². The van der Waals surface area contributed by atoms with Gasteiger partial charge in [0.15, 0.2) is 0 Å². The number of nitrogens with zero attached hydrogens (tertiary/aromatic N) is 3. The number of piperazine rings is 1. The zero-order chi connectivity index (χ0) is 18.6. The van der Waals surface area contributed by atoms with Crippen LogP contribution in [-0.4, -0.2) is 84.4 Å². The van der Waals surface area contributed by atoms with Gasteiger partial charge in [-0.05, 0) is 56.8 Å². The molecular weight excluding hydrogens is 338 g/mol. The summed E-state index contributed by atoms with van der Waals surface area (Å²) in [5, 5.41) is 10.7. The molecule has 2 heterocycles. The molecule has 1 N–H and O–H groups in total. The SMILES string of the molecule is CN1CCN([C@@H]2CCN(Cc3ccc(OC4CCCC4)cc3)C[C@H]2O)CC1. The van der Waals surface area contributed by atoms with Crippen molar-refractivity contribution in [3.8, 4) is 5.75 Å². The summed E-state index contributed by atoms with van der Waals surface area (Å²) in [6.45, 7) is 7.15. The van der Waals surface area contributed by atoms with Crippen molar-refractivity contribution in [2.75, 3.05) is 46.3 Å². The summed E-state index contributed by atoms with van der Waals surface area (Å²) in [6.07, 6.45) is 6.23. The van der Waals surface area contributed by atoms with E-state index in [1.165, 1.54) is 31.2 Å². The second-order valence-electron chi connectivity index (χ2n) is 8.67. The van der Waals surface area contributed by atoms with Crippen molar-refractivity contribution in [2.45, 2.75) is 56.9 Å². The first-order valence-electron chi connectivity index (χ1n) is 10.8. The van der Waals surface area contributed by atoms with Crippen LogP contribution < -0.4 is 4.74 Å². The van der Waals surface area contributed by atoms with Crippen LogP contribution >= 0.6 is 0 Å². The first-order valence-corrected chi connectivity index (χ1v) is 10.8. The summed E-state index contributed by atoms with van der Waals surface area (Å²) in [4.78, 5) is 7.26. The van der Waals surface area contributed by atoms with E-state index in [1.54, 1.807) is 0 Å². The summed E-state index contributed by atoms with van der Waals surface area (Å²) in [7, 11) is 2.18. The summed E-state index contributed by atoms with van der Waals surface area (Å²) in [5.41, 5.74) is 1.30. The van der Waals surface area contributed by atoms with Gasteiger partial charge in [-0.25, -0.2) is 0 Å². The van der Waals surface area contributed by atoms with Gasteiger partial charge in [-0.3, -0.25) is 9.80 Å². The Balaban J connectivity index is 1.25. The van der Waals surface area contributed by atoms with Gasteiger partial charge in [-0.2, -0.15) is 0 Å². The van der Waals surface area contributed by atoms with E-state index < -0.39 is 0 Å². The first-order chi connectivity index (χ1) is 13.2. The number of β-amino-alcohol motifs (C(OH)–C–C–N with tert-alkyl or cyclic N) is 1. The van der Waals surface area contributed by atoms with E-state index in [9.17, 15) is 5.11 Å². The van der Waals surface area contributed by atoms with Crippen molar-refractivity contribution < 1.29 is 9.84 Å². The summed E-state index contributed by atoms with van der Waals surface area (Å²) in [6, 6.07) is 8.92. The normalized spacial score (nSPS) is 29.3. The Morgan fingerprint density at radius 3 is 2.33 bits per heavy atom. The van der Waals surface area contributed by atoms with E-state index in [0.717, 1.165) is 58.0 Å². The Bertz CT molecular complexity index is 580. The predicted octanol–water partition coefficient (Wildman–Crippen LogP) is 2.19. The van der Waals surface area contributed by atoms with Gasteiger partial charge in [0.25, 0.3) is 0 Å². The highest BCUT2D eigenvalue weighted by Crippen LogP contribution is 2.25. The lowest BCUT2D eigenvalue weighted by atomic mass is 9.98. The lowest BCUT2D eigenvalue weighted by Crippen LogP contribution is -2.58. The number of ether oxygens (including phenoxy) is 1. The van der Waals surface area contributed by atoms with Gasteiger partial charge in [0.05, 0.1) is 12.2 Å². The van der Waals surface area contributed by atoms with Gasteiger partial charge in [0.1, 0.15) is 5.75 Å². The van der Waals surface area contributed by atoms with Gasteiger partial charge >= 0.3 is 0 Å². The molecule has 2 aliphatic heterocycles. The molecule has 1 saturated carbocycles. The Morgan fingerprint density at radius 2 is 1.67 bits per heavy atom. The highest BCUT2D eigenvalue weighted by atomic mass is 16.5. The molecule has 2 atom stereocenters. The molecule has 1 aromatic rings. The molecule has 5 heteroatoms. The number of hydrogen-bond donors (Lipinski definition) is 1. The second kappa shape index (κ2) is 8.91. The third-order valence-electron chi connectivity index (χ3n) is 6.57. The van der Waals surface area contributed by atoms with Gasteiger partial charge < -0.3 is 14.7 Å². The number of likely N-dealkylation sites (tertiary alicyclic amines) is 1. The molecule has 0 radical (unpaired) electrons. The zero-order valence-electron chi connectivity index (χ0n) is 16.7. The number of piperidine rings is 1. The highest BCUT2D eigenvalue weighted by molar-refractivity contribution is 5.27. The van der Waals surface area contributed by atoms with Crippen LogP contribution in [0.15, 0.2) is 24.3 Å². The summed E-state index contributed by atoms with van der Waals surface area (Å²) >= 11 is 0. The summed E-state index contributed by atoms with van der Waals surface area (Å²) in [5.74, 6) is 0.999. The Hall–Kier alpha value is -1.14. The average Bonchev–Trinajstić information content (AvgIpc) is 3.18. The van der Waals surface area contributed by atoms with Crippen molar-refractivity contribution in [1.82, 2.24) is 14.7 Å². The first kappa shape index (κ1) is 19.2. The molecule has 0 bridgehead atoms. The number of rotatable bonds is 5. The molecular formula is C22H35N3O2. The topological polar surface area (TPSA) is 39.2 Å². The van der Waals surface area contributed by atoms with Crippen LogP contribution in [0.25, 0.3) is 0 Å². The quantitative estimate of drug-likeness (QED) is 0.857.